The number of rotatable bonds is 2. The maximum atomic E-state index is 12.5. The first-order valence-electron chi connectivity index (χ1n) is 4.53. The summed E-state index contributed by atoms with van der Waals surface area (Å²) in [5.41, 5.74) is 0. The number of quaternary nitrogens is 1. The molecule has 92 valence electrons. The zero-order valence-corrected chi connectivity index (χ0v) is 9.32. The molecule has 1 atom stereocenters. The molecule has 2 rings (SSSR count). The second kappa shape index (κ2) is 3.13. The van der Waals surface area contributed by atoms with Crippen molar-refractivity contribution in [1.29, 1.82) is 0 Å². The monoisotopic (exact) mass is 255 g/mol. The van der Waals surface area contributed by atoms with Crippen LogP contribution in [0.4, 0.5) is 8.78 Å². The van der Waals surface area contributed by atoms with E-state index in [-0.39, 0.29) is 6.67 Å². The minimum absolute atomic E-state index is 0.315. The molecule has 0 aromatic heterocycles. The highest BCUT2D eigenvalue weighted by Crippen LogP contribution is 2.31. The Morgan fingerprint density at radius 3 is 2.38 bits per heavy atom. The van der Waals surface area contributed by atoms with Gasteiger partial charge >= 0.3 is 10.2 Å². The van der Waals surface area contributed by atoms with Crippen LogP contribution in [0, 0.1) is 5.21 Å². The molecule has 1 fully saturated rings. The number of halogens is 2. The lowest BCUT2D eigenvalue weighted by molar-refractivity contribution is -0.807. The van der Waals surface area contributed by atoms with E-state index in [1.165, 1.54) is 7.05 Å². The first kappa shape index (κ1) is 11.7. The Balaban J connectivity index is 2.09. The van der Waals surface area contributed by atoms with Crippen molar-refractivity contribution in [1.82, 2.24) is 8.61 Å². The summed E-state index contributed by atoms with van der Waals surface area (Å²) >= 11 is 0. The zero-order valence-electron chi connectivity index (χ0n) is 8.51. The molecule has 0 spiro atoms. The summed E-state index contributed by atoms with van der Waals surface area (Å²) in [5, 5.41) is 11.4. The molecule has 1 unspecified atom stereocenters. The predicted molar refractivity (Wildman–Crippen MR) is 50.8 cm³/mol. The van der Waals surface area contributed by atoms with E-state index < -0.39 is 33.9 Å². The third-order valence-corrected chi connectivity index (χ3v) is 4.15. The Morgan fingerprint density at radius 1 is 1.44 bits per heavy atom. The molecule has 9 heteroatoms. The van der Waals surface area contributed by atoms with Crippen LogP contribution in [0.3, 0.4) is 0 Å². The standard InChI is InChI=1S/C7H11F2N3O3S/c1-12(13)3-2-10(6-12)16(14,15)11-4-7(8,9)5-11/h2-3H,4-6H2,1H3. The maximum absolute atomic E-state index is 12.5. The SMILES string of the molecule is C[N+]1([O-])C=CN(S(=O)(=O)N2CC(F)(F)C2)C1. The number of nitrogens with zero attached hydrogens (tertiary/aromatic N) is 3. The highest BCUT2D eigenvalue weighted by Gasteiger charge is 2.51. The average molecular weight is 255 g/mol. The van der Waals surface area contributed by atoms with Gasteiger partial charge in [0.25, 0.3) is 5.92 Å². The van der Waals surface area contributed by atoms with Crippen molar-refractivity contribution in [2.75, 3.05) is 26.8 Å². The smallest absolute Gasteiger partial charge is 0.308 e. The molecule has 0 radical (unpaired) electrons. The molecule has 2 aliphatic rings. The zero-order chi connectivity index (χ0) is 12.2. The van der Waals surface area contributed by atoms with E-state index in [1.54, 1.807) is 0 Å². The fourth-order valence-electron chi connectivity index (χ4n) is 1.52. The fourth-order valence-corrected chi connectivity index (χ4v) is 3.10. The summed E-state index contributed by atoms with van der Waals surface area (Å²) in [7, 11) is -2.69. The molecule has 2 aliphatic heterocycles. The lowest BCUT2D eigenvalue weighted by atomic mass is 10.2. The van der Waals surface area contributed by atoms with E-state index in [1.807, 2.05) is 0 Å². The van der Waals surface area contributed by atoms with E-state index in [9.17, 15) is 22.4 Å². The Bertz CT molecular complexity index is 426. The van der Waals surface area contributed by atoms with Gasteiger partial charge in [0.1, 0.15) is 6.20 Å². The van der Waals surface area contributed by atoms with Crippen LogP contribution >= 0.6 is 0 Å². The van der Waals surface area contributed by atoms with Gasteiger partial charge in [-0.3, -0.25) is 0 Å². The maximum Gasteiger partial charge on any atom is 0.308 e. The van der Waals surface area contributed by atoms with E-state index in [2.05, 4.69) is 0 Å². The Morgan fingerprint density at radius 2 is 2.00 bits per heavy atom. The first-order chi connectivity index (χ1) is 7.12. The lowest BCUT2D eigenvalue weighted by Gasteiger charge is -2.40. The van der Waals surface area contributed by atoms with Gasteiger partial charge in [0.05, 0.1) is 26.3 Å². The van der Waals surface area contributed by atoms with Crippen LogP contribution in [0.25, 0.3) is 0 Å². The molecule has 2 heterocycles. The molecule has 6 nitrogen and oxygen atoms in total. The summed E-state index contributed by atoms with van der Waals surface area (Å²) in [5.74, 6) is -2.95. The van der Waals surface area contributed by atoms with E-state index >= 15 is 0 Å². The highest BCUT2D eigenvalue weighted by atomic mass is 32.2. The molecule has 0 aliphatic carbocycles. The number of hydrogen-bond acceptors (Lipinski definition) is 3. The van der Waals surface area contributed by atoms with Gasteiger partial charge in [-0.2, -0.15) is 12.7 Å². The Kier molecular flexibility index (Phi) is 2.29. The molecule has 0 saturated carbocycles. The van der Waals surface area contributed by atoms with Crippen LogP contribution in [0.5, 0.6) is 0 Å². The predicted octanol–water partition coefficient (Wildman–Crippen LogP) is -0.129. The first-order valence-corrected chi connectivity index (χ1v) is 5.92. The molecular formula is C7H11F2N3O3S. The molecule has 0 N–H and O–H groups in total. The van der Waals surface area contributed by atoms with Gasteiger partial charge in [-0.1, -0.05) is 0 Å². The Labute approximate surface area is 91.7 Å². The van der Waals surface area contributed by atoms with Gasteiger partial charge in [-0.05, 0) is 0 Å². The second-order valence-electron chi connectivity index (χ2n) is 4.13. The summed E-state index contributed by atoms with van der Waals surface area (Å²) in [6.45, 7) is -1.95. The normalized spacial score (nSPS) is 34.1. The van der Waals surface area contributed by atoms with Gasteiger partial charge < -0.3 is 9.85 Å². The second-order valence-corrected chi connectivity index (χ2v) is 6.01. The van der Waals surface area contributed by atoms with Gasteiger partial charge in [0, 0.05) is 0 Å². The van der Waals surface area contributed by atoms with Crippen LogP contribution in [0.15, 0.2) is 12.4 Å². The van der Waals surface area contributed by atoms with E-state index in [0.717, 1.165) is 16.7 Å². The van der Waals surface area contributed by atoms with Crippen molar-refractivity contribution in [2.24, 2.45) is 0 Å². The minimum atomic E-state index is -3.96. The third kappa shape index (κ3) is 1.90. The molecule has 0 aromatic carbocycles. The number of alkyl halides is 2. The van der Waals surface area contributed by atoms with Crippen molar-refractivity contribution in [3.05, 3.63) is 17.6 Å². The molecule has 0 aromatic rings. The topological polar surface area (TPSA) is 63.7 Å². The molecular weight excluding hydrogens is 244 g/mol. The fraction of sp³-hybridized carbons (Fsp3) is 0.714. The average Bonchev–Trinajstić information content (AvgIpc) is 2.42. The van der Waals surface area contributed by atoms with Crippen LogP contribution in [0.2, 0.25) is 0 Å². The van der Waals surface area contributed by atoms with Crippen molar-refractivity contribution in [2.45, 2.75) is 5.92 Å². The van der Waals surface area contributed by atoms with Gasteiger partial charge in [-0.25, -0.2) is 13.1 Å². The van der Waals surface area contributed by atoms with Crippen LogP contribution < -0.4 is 0 Å². The van der Waals surface area contributed by atoms with Crippen molar-refractivity contribution in [3.63, 3.8) is 0 Å². The van der Waals surface area contributed by atoms with E-state index in [0.29, 0.717) is 4.31 Å². The van der Waals surface area contributed by atoms with Crippen molar-refractivity contribution < 1.29 is 21.8 Å². The van der Waals surface area contributed by atoms with E-state index in [4.69, 9.17) is 0 Å². The summed E-state index contributed by atoms with van der Waals surface area (Å²) in [4.78, 5) is 0. The lowest BCUT2D eigenvalue weighted by Crippen LogP contribution is -2.61. The largest absolute Gasteiger partial charge is 0.627 e. The number of hydroxylamine groups is 3. The van der Waals surface area contributed by atoms with Crippen LogP contribution in [-0.4, -0.2) is 54.4 Å². The van der Waals surface area contributed by atoms with Crippen LogP contribution in [-0.2, 0) is 10.2 Å². The minimum Gasteiger partial charge on any atom is -0.627 e. The van der Waals surface area contributed by atoms with Gasteiger partial charge in [0.15, 0.2) is 6.67 Å². The van der Waals surface area contributed by atoms with Gasteiger partial charge in [-0.15, -0.1) is 0 Å². The summed E-state index contributed by atoms with van der Waals surface area (Å²) in [6.07, 6.45) is 2.26. The molecule has 1 saturated heterocycles. The molecule has 0 amide bonds. The quantitative estimate of drug-likeness (QED) is 0.510. The number of hydrogen-bond donors (Lipinski definition) is 0. The molecule has 16 heavy (non-hydrogen) atoms. The summed E-state index contributed by atoms with van der Waals surface area (Å²) < 4.78 is 49.1. The highest BCUT2D eigenvalue weighted by molar-refractivity contribution is 7.86. The van der Waals surface area contributed by atoms with Crippen molar-refractivity contribution >= 4 is 10.2 Å². The van der Waals surface area contributed by atoms with Crippen LogP contribution in [0.1, 0.15) is 0 Å². The van der Waals surface area contributed by atoms with Crippen molar-refractivity contribution in [3.8, 4) is 0 Å². The summed E-state index contributed by atoms with van der Waals surface area (Å²) in [6, 6.07) is 0. The third-order valence-electron chi connectivity index (χ3n) is 2.41. The van der Waals surface area contributed by atoms with Gasteiger partial charge in [0.2, 0.25) is 0 Å². The molecule has 0 bridgehead atoms. The Hall–Kier alpha value is -0.770.